The first-order chi connectivity index (χ1) is 20.7. The topological polar surface area (TPSA) is 114 Å². The van der Waals surface area contributed by atoms with Crippen LogP contribution in [0.15, 0.2) is 84.0 Å². The van der Waals surface area contributed by atoms with Crippen LogP contribution in [0.25, 0.3) is 11.3 Å². The van der Waals surface area contributed by atoms with Crippen molar-refractivity contribution in [3.63, 3.8) is 0 Å². The summed E-state index contributed by atoms with van der Waals surface area (Å²) < 4.78 is 60.6. The number of benzene rings is 3. The Kier molecular flexibility index (Phi) is 9.12. The summed E-state index contributed by atoms with van der Waals surface area (Å²) in [5, 5.41) is 3.09. The van der Waals surface area contributed by atoms with Crippen molar-refractivity contribution in [1.82, 2.24) is 14.9 Å². The van der Waals surface area contributed by atoms with Gasteiger partial charge in [0.2, 0.25) is 0 Å². The summed E-state index contributed by atoms with van der Waals surface area (Å²) in [5.74, 6) is -0.843. The van der Waals surface area contributed by atoms with Crippen LogP contribution in [0.2, 0.25) is 0 Å². The number of piperidine rings is 1. The number of carbonyl (C=O) groups is 1. The Bertz CT molecular complexity index is 1650. The second-order valence-corrected chi connectivity index (χ2v) is 11.7. The number of sulfonamides is 1. The molecule has 1 fully saturated rings. The minimum Gasteiger partial charge on any atom is -0.493 e. The van der Waals surface area contributed by atoms with E-state index in [0.717, 1.165) is 55.4 Å². The van der Waals surface area contributed by atoms with E-state index in [1.807, 2.05) is 24.3 Å². The highest BCUT2D eigenvalue weighted by Gasteiger charge is 2.33. The van der Waals surface area contributed by atoms with Gasteiger partial charge in [0.25, 0.3) is 0 Å². The standard InChI is InChI=1S/C30H29F2N5O5S/c1-36-15-13-21(14-16-36)18-41-25-11-5-22(6-12-25)28-17-29(34-19-33-28)35-23-7-9-24(10-8-23)37(42-20-38)43(39,40)30-26(31)3-2-4-27(30)32/h2-12,17,19-21H,13-16,18H2,1H3,(H,33,34,35). The zero-order chi connectivity index (χ0) is 30.4. The number of halogens is 2. The van der Waals surface area contributed by atoms with Gasteiger partial charge in [-0.15, -0.1) is 0 Å². The molecule has 3 aromatic carbocycles. The van der Waals surface area contributed by atoms with Gasteiger partial charge in [0.05, 0.1) is 18.0 Å². The molecule has 1 N–H and O–H groups in total. The Morgan fingerprint density at radius 3 is 2.33 bits per heavy atom. The number of ether oxygens (including phenoxy) is 1. The summed E-state index contributed by atoms with van der Waals surface area (Å²) >= 11 is 0. The molecule has 1 aliphatic rings. The first-order valence-electron chi connectivity index (χ1n) is 13.5. The second-order valence-electron chi connectivity index (χ2n) is 10.0. The summed E-state index contributed by atoms with van der Waals surface area (Å²) in [6.45, 7) is 2.72. The minimum atomic E-state index is -4.92. The van der Waals surface area contributed by atoms with Crippen LogP contribution in [0, 0.1) is 17.6 Å². The number of hydrogen-bond acceptors (Lipinski definition) is 9. The van der Waals surface area contributed by atoms with E-state index >= 15 is 0 Å². The third-order valence-corrected chi connectivity index (χ3v) is 8.66. The highest BCUT2D eigenvalue weighted by molar-refractivity contribution is 7.92. The van der Waals surface area contributed by atoms with Crippen LogP contribution in [0.4, 0.5) is 26.0 Å². The molecule has 0 spiro atoms. The van der Waals surface area contributed by atoms with E-state index in [2.05, 4.69) is 32.1 Å². The zero-order valence-corrected chi connectivity index (χ0v) is 24.0. The fourth-order valence-electron chi connectivity index (χ4n) is 4.67. The smallest absolute Gasteiger partial charge is 0.322 e. The molecule has 0 bridgehead atoms. The van der Waals surface area contributed by atoms with Gasteiger partial charge in [0.1, 0.15) is 29.5 Å². The zero-order valence-electron chi connectivity index (χ0n) is 23.2. The second kappa shape index (κ2) is 13.1. The Labute approximate surface area is 247 Å². The van der Waals surface area contributed by atoms with E-state index in [1.54, 1.807) is 6.07 Å². The molecule has 224 valence electrons. The summed E-state index contributed by atoms with van der Waals surface area (Å²) in [6.07, 6.45) is 3.67. The van der Waals surface area contributed by atoms with Gasteiger partial charge in [0, 0.05) is 17.3 Å². The summed E-state index contributed by atoms with van der Waals surface area (Å²) in [6, 6.07) is 17.6. The molecule has 4 aromatic rings. The molecule has 5 rings (SSSR count). The van der Waals surface area contributed by atoms with Crippen LogP contribution in [0.5, 0.6) is 5.75 Å². The lowest BCUT2D eigenvalue weighted by molar-refractivity contribution is -0.128. The Balaban J connectivity index is 1.26. The molecule has 0 unspecified atom stereocenters. The molecule has 0 radical (unpaired) electrons. The van der Waals surface area contributed by atoms with Crippen molar-refractivity contribution in [1.29, 1.82) is 0 Å². The largest absolute Gasteiger partial charge is 0.493 e. The van der Waals surface area contributed by atoms with Gasteiger partial charge >= 0.3 is 16.5 Å². The molecule has 13 heteroatoms. The summed E-state index contributed by atoms with van der Waals surface area (Å²) in [4.78, 5) is 25.4. The summed E-state index contributed by atoms with van der Waals surface area (Å²) in [7, 11) is -2.79. The van der Waals surface area contributed by atoms with Crippen LogP contribution in [0.1, 0.15) is 12.8 Å². The maximum absolute atomic E-state index is 14.2. The van der Waals surface area contributed by atoms with Crippen molar-refractivity contribution in [2.75, 3.05) is 36.5 Å². The molecule has 2 heterocycles. The van der Waals surface area contributed by atoms with Gasteiger partial charge in [-0.1, -0.05) is 10.5 Å². The minimum absolute atomic E-state index is 0.148. The molecule has 0 amide bonds. The third kappa shape index (κ3) is 7.07. The molecule has 10 nitrogen and oxygen atoms in total. The number of rotatable bonds is 11. The number of nitrogens with one attached hydrogen (secondary N) is 1. The van der Waals surface area contributed by atoms with Crippen molar-refractivity contribution in [3.05, 3.63) is 90.8 Å². The number of aromatic nitrogens is 2. The SMILES string of the molecule is CN1CCC(COc2ccc(-c3cc(Nc4ccc(N(OC=O)S(=O)(=O)c5c(F)cccc5F)cc4)ncn3)cc2)CC1. The number of likely N-dealkylation sites (tertiary alicyclic amines) is 1. The number of hydrogen-bond donors (Lipinski definition) is 1. The van der Waals surface area contributed by atoms with Gasteiger partial charge in [0.15, 0.2) is 4.90 Å². The lowest BCUT2D eigenvalue weighted by atomic mass is 9.98. The fourth-order valence-corrected chi connectivity index (χ4v) is 6.01. The molecular weight excluding hydrogens is 580 g/mol. The van der Waals surface area contributed by atoms with Crippen molar-refractivity contribution in [3.8, 4) is 17.0 Å². The van der Waals surface area contributed by atoms with E-state index in [9.17, 15) is 22.0 Å². The maximum atomic E-state index is 14.2. The van der Waals surface area contributed by atoms with Crippen molar-refractivity contribution < 1.29 is 31.6 Å². The fraction of sp³-hybridized carbons (Fsp3) is 0.233. The number of carbonyl (C=O) groups excluding carboxylic acids is 1. The molecule has 0 aliphatic carbocycles. The molecule has 1 aliphatic heterocycles. The monoisotopic (exact) mass is 609 g/mol. The molecule has 0 saturated carbocycles. The van der Waals surface area contributed by atoms with E-state index in [0.29, 0.717) is 29.7 Å². The highest BCUT2D eigenvalue weighted by atomic mass is 32.2. The van der Waals surface area contributed by atoms with E-state index in [-0.39, 0.29) is 16.6 Å². The lowest BCUT2D eigenvalue weighted by Crippen LogP contribution is -2.32. The lowest BCUT2D eigenvalue weighted by Gasteiger charge is -2.28. The third-order valence-electron chi connectivity index (χ3n) is 7.03. The first kappa shape index (κ1) is 29.9. The Morgan fingerprint density at radius 1 is 1.00 bits per heavy atom. The van der Waals surface area contributed by atoms with Gasteiger partial charge in [-0.2, -0.15) is 8.42 Å². The van der Waals surface area contributed by atoms with Crippen molar-refractivity contribution >= 4 is 33.7 Å². The van der Waals surface area contributed by atoms with Crippen LogP contribution < -0.4 is 14.5 Å². The normalized spacial score (nSPS) is 14.2. The highest BCUT2D eigenvalue weighted by Crippen LogP contribution is 2.30. The predicted molar refractivity (Wildman–Crippen MR) is 156 cm³/mol. The first-order valence-corrected chi connectivity index (χ1v) is 14.9. The molecule has 0 atom stereocenters. The predicted octanol–water partition coefficient (Wildman–Crippen LogP) is 5.17. The Hall–Kier alpha value is -4.62. The Morgan fingerprint density at radius 2 is 1.67 bits per heavy atom. The molecule has 43 heavy (non-hydrogen) atoms. The van der Waals surface area contributed by atoms with E-state index in [4.69, 9.17) is 4.74 Å². The van der Waals surface area contributed by atoms with Crippen LogP contribution in [0.3, 0.4) is 0 Å². The van der Waals surface area contributed by atoms with Crippen LogP contribution >= 0.6 is 0 Å². The van der Waals surface area contributed by atoms with Gasteiger partial charge in [-0.3, -0.25) is 4.79 Å². The van der Waals surface area contributed by atoms with Crippen molar-refractivity contribution in [2.24, 2.45) is 5.92 Å². The van der Waals surface area contributed by atoms with Gasteiger partial charge in [-0.25, -0.2) is 18.7 Å². The van der Waals surface area contributed by atoms with E-state index < -0.39 is 26.6 Å². The van der Waals surface area contributed by atoms with Crippen molar-refractivity contribution in [2.45, 2.75) is 17.7 Å². The molecule has 1 saturated heterocycles. The quantitative estimate of drug-likeness (QED) is 0.182. The van der Waals surface area contributed by atoms with E-state index in [1.165, 1.54) is 30.6 Å². The average Bonchev–Trinajstić information content (AvgIpc) is 3.00. The average molecular weight is 610 g/mol. The van der Waals surface area contributed by atoms with Crippen LogP contribution in [-0.2, 0) is 19.7 Å². The number of nitrogens with zero attached hydrogens (tertiary/aromatic N) is 4. The summed E-state index contributed by atoms with van der Waals surface area (Å²) in [5.41, 5.74) is 1.87. The number of anilines is 3. The molecule has 1 aromatic heterocycles. The van der Waals surface area contributed by atoms with Gasteiger partial charge in [-0.05, 0) is 99.6 Å². The maximum Gasteiger partial charge on any atom is 0.322 e. The van der Waals surface area contributed by atoms with Gasteiger partial charge < -0.3 is 19.8 Å². The molecular formula is C30H29F2N5O5S. The van der Waals surface area contributed by atoms with Crippen LogP contribution in [-0.4, -0.2) is 56.5 Å².